The summed E-state index contributed by atoms with van der Waals surface area (Å²) >= 11 is 0. The van der Waals surface area contributed by atoms with E-state index in [1.54, 1.807) is 12.1 Å². The Morgan fingerprint density at radius 1 is 0.897 bits per heavy atom. The van der Waals surface area contributed by atoms with Gasteiger partial charge in [0.2, 0.25) is 5.95 Å². The molecular formula is C23H26FN5. The monoisotopic (exact) mass is 391 g/mol. The van der Waals surface area contributed by atoms with E-state index in [-0.39, 0.29) is 5.82 Å². The number of nitrogens with zero attached hydrogens (tertiary/aromatic N) is 4. The third kappa shape index (κ3) is 4.65. The highest BCUT2D eigenvalue weighted by atomic mass is 19.1. The maximum atomic E-state index is 13.9. The Labute approximate surface area is 171 Å². The van der Waals surface area contributed by atoms with Crippen LogP contribution in [0.1, 0.15) is 16.8 Å². The van der Waals surface area contributed by atoms with Gasteiger partial charge < -0.3 is 15.1 Å². The highest BCUT2D eigenvalue weighted by Crippen LogP contribution is 2.21. The second-order valence-electron chi connectivity index (χ2n) is 7.45. The van der Waals surface area contributed by atoms with Crippen molar-refractivity contribution in [3.05, 3.63) is 77.2 Å². The first kappa shape index (κ1) is 19.2. The zero-order valence-electron chi connectivity index (χ0n) is 16.9. The zero-order valence-corrected chi connectivity index (χ0v) is 16.9. The van der Waals surface area contributed by atoms with Crippen molar-refractivity contribution < 1.29 is 4.39 Å². The number of aromatic nitrogens is 2. The molecule has 2 aromatic carbocycles. The molecule has 0 saturated carbocycles. The second kappa shape index (κ2) is 8.47. The van der Waals surface area contributed by atoms with Crippen LogP contribution in [0, 0.1) is 19.7 Å². The molecule has 1 saturated heterocycles. The Balaban J connectivity index is 1.42. The summed E-state index contributed by atoms with van der Waals surface area (Å²) in [5.41, 5.74) is 4.06. The fraction of sp³-hybridized carbons (Fsp3) is 0.304. The van der Waals surface area contributed by atoms with E-state index < -0.39 is 0 Å². The summed E-state index contributed by atoms with van der Waals surface area (Å²) in [5.74, 6) is 1.24. The van der Waals surface area contributed by atoms with Gasteiger partial charge in [0, 0.05) is 55.7 Å². The van der Waals surface area contributed by atoms with Crippen molar-refractivity contribution in [2.24, 2.45) is 0 Å². The molecule has 0 unspecified atom stereocenters. The SMILES string of the molecule is Cc1cccc(N2CCN(c3nc(C)cc(NCc4ccccc4F)n3)CC2)c1. The van der Waals surface area contributed by atoms with Crippen molar-refractivity contribution in [3.63, 3.8) is 0 Å². The van der Waals surface area contributed by atoms with Crippen molar-refractivity contribution in [3.8, 4) is 0 Å². The molecule has 0 atom stereocenters. The quantitative estimate of drug-likeness (QED) is 0.707. The molecule has 6 heteroatoms. The van der Waals surface area contributed by atoms with Gasteiger partial charge in [0.05, 0.1) is 0 Å². The fourth-order valence-corrected chi connectivity index (χ4v) is 3.60. The fourth-order valence-electron chi connectivity index (χ4n) is 3.60. The lowest BCUT2D eigenvalue weighted by molar-refractivity contribution is 0.612. The van der Waals surface area contributed by atoms with Gasteiger partial charge in [-0.15, -0.1) is 0 Å². The number of nitrogens with one attached hydrogen (secondary N) is 1. The number of benzene rings is 2. The summed E-state index contributed by atoms with van der Waals surface area (Å²) in [5, 5.41) is 3.23. The zero-order chi connectivity index (χ0) is 20.2. The molecule has 150 valence electrons. The highest BCUT2D eigenvalue weighted by Gasteiger charge is 2.20. The molecule has 1 aliphatic heterocycles. The molecule has 0 aliphatic carbocycles. The molecule has 0 amide bonds. The normalized spacial score (nSPS) is 14.2. The van der Waals surface area contributed by atoms with Gasteiger partial charge >= 0.3 is 0 Å². The highest BCUT2D eigenvalue weighted by molar-refractivity contribution is 5.51. The van der Waals surface area contributed by atoms with Gasteiger partial charge in [0.1, 0.15) is 11.6 Å². The Hall–Kier alpha value is -3.15. The van der Waals surface area contributed by atoms with Gasteiger partial charge in [0.15, 0.2) is 0 Å². The van der Waals surface area contributed by atoms with E-state index in [0.29, 0.717) is 12.1 Å². The van der Waals surface area contributed by atoms with E-state index in [1.165, 1.54) is 17.3 Å². The summed E-state index contributed by atoms with van der Waals surface area (Å²) < 4.78 is 13.9. The van der Waals surface area contributed by atoms with Crippen LogP contribution in [0.15, 0.2) is 54.6 Å². The van der Waals surface area contributed by atoms with Crippen LogP contribution in [-0.4, -0.2) is 36.1 Å². The Kier molecular flexibility index (Phi) is 5.60. The Morgan fingerprint density at radius 2 is 1.66 bits per heavy atom. The molecule has 0 bridgehead atoms. The largest absolute Gasteiger partial charge is 0.368 e. The van der Waals surface area contributed by atoms with Crippen molar-refractivity contribution in [1.82, 2.24) is 9.97 Å². The number of rotatable bonds is 5. The van der Waals surface area contributed by atoms with E-state index in [0.717, 1.165) is 43.6 Å². The standard InChI is InChI=1S/C23H26FN5/c1-17-6-5-8-20(14-17)28-10-12-29(13-11-28)23-26-18(2)15-22(27-23)25-16-19-7-3-4-9-21(19)24/h3-9,14-15H,10-13,16H2,1-2H3,(H,25,26,27). The second-order valence-corrected chi connectivity index (χ2v) is 7.45. The number of hydrogen-bond acceptors (Lipinski definition) is 5. The average molecular weight is 391 g/mol. The first-order chi connectivity index (χ1) is 14.1. The van der Waals surface area contributed by atoms with Crippen LogP contribution < -0.4 is 15.1 Å². The topological polar surface area (TPSA) is 44.3 Å². The number of anilines is 3. The van der Waals surface area contributed by atoms with Gasteiger partial charge in [-0.2, -0.15) is 4.98 Å². The minimum Gasteiger partial charge on any atom is -0.368 e. The number of aryl methyl sites for hydroxylation is 2. The van der Waals surface area contributed by atoms with Crippen molar-refractivity contribution in [1.29, 1.82) is 0 Å². The van der Waals surface area contributed by atoms with Gasteiger partial charge in [0.25, 0.3) is 0 Å². The molecular weight excluding hydrogens is 365 g/mol. The average Bonchev–Trinajstić information content (AvgIpc) is 2.73. The Bertz CT molecular complexity index is 983. The van der Waals surface area contributed by atoms with E-state index in [9.17, 15) is 4.39 Å². The predicted octanol–water partition coefficient (Wildman–Crippen LogP) is 4.17. The molecule has 5 nitrogen and oxygen atoms in total. The van der Waals surface area contributed by atoms with Crippen LogP contribution in [0.5, 0.6) is 0 Å². The van der Waals surface area contributed by atoms with Gasteiger partial charge in [-0.05, 0) is 37.6 Å². The van der Waals surface area contributed by atoms with Gasteiger partial charge in [-0.25, -0.2) is 9.37 Å². The van der Waals surface area contributed by atoms with Gasteiger partial charge in [-0.3, -0.25) is 0 Å². The Morgan fingerprint density at radius 3 is 2.41 bits per heavy atom. The molecule has 0 spiro atoms. The van der Waals surface area contributed by atoms with E-state index in [1.807, 2.05) is 19.1 Å². The van der Waals surface area contributed by atoms with Crippen LogP contribution in [0.4, 0.5) is 21.8 Å². The summed E-state index contributed by atoms with van der Waals surface area (Å²) in [6, 6.07) is 17.3. The number of piperazine rings is 1. The molecule has 2 heterocycles. The maximum Gasteiger partial charge on any atom is 0.227 e. The first-order valence-corrected chi connectivity index (χ1v) is 9.98. The molecule has 4 rings (SSSR count). The number of halogens is 1. The third-order valence-corrected chi connectivity index (χ3v) is 5.19. The van der Waals surface area contributed by atoms with Crippen LogP contribution in [-0.2, 0) is 6.54 Å². The van der Waals surface area contributed by atoms with Crippen molar-refractivity contribution in [2.45, 2.75) is 20.4 Å². The molecule has 1 aromatic heterocycles. The lowest BCUT2D eigenvalue weighted by atomic mass is 10.2. The summed E-state index contributed by atoms with van der Waals surface area (Å²) in [4.78, 5) is 13.9. The third-order valence-electron chi connectivity index (χ3n) is 5.19. The van der Waals surface area contributed by atoms with E-state index in [4.69, 9.17) is 0 Å². The predicted molar refractivity (Wildman–Crippen MR) is 116 cm³/mol. The smallest absolute Gasteiger partial charge is 0.227 e. The van der Waals surface area contributed by atoms with Crippen molar-refractivity contribution >= 4 is 17.5 Å². The van der Waals surface area contributed by atoms with Crippen LogP contribution in [0.2, 0.25) is 0 Å². The van der Waals surface area contributed by atoms with Crippen LogP contribution in [0.3, 0.4) is 0 Å². The first-order valence-electron chi connectivity index (χ1n) is 9.98. The molecule has 1 N–H and O–H groups in total. The lowest BCUT2D eigenvalue weighted by Gasteiger charge is -2.36. The maximum absolute atomic E-state index is 13.9. The molecule has 0 radical (unpaired) electrons. The molecule has 1 fully saturated rings. The summed E-state index contributed by atoms with van der Waals surface area (Å²) in [7, 11) is 0. The van der Waals surface area contributed by atoms with Crippen molar-refractivity contribution in [2.75, 3.05) is 41.3 Å². The molecule has 29 heavy (non-hydrogen) atoms. The summed E-state index contributed by atoms with van der Waals surface area (Å²) in [6.07, 6.45) is 0. The van der Waals surface area contributed by atoms with Crippen LogP contribution in [0.25, 0.3) is 0 Å². The van der Waals surface area contributed by atoms with E-state index in [2.05, 4.69) is 56.3 Å². The number of hydrogen-bond donors (Lipinski definition) is 1. The van der Waals surface area contributed by atoms with E-state index >= 15 is 0 Å². The molecule has 1 aliphatic rings. The van der Waals surface area contributed by atoms with Gasteiger partial charge in [-0.1, -0.05) is 30.3 Å². The minimum atomic E-state index is -0.210. The minimum absolute atomic E-state index is 0.210. The molecule has 3 aromatic rings. The lowest BCUT2D eigenvalue weighted by Crippen LogP contribution is -2.47. The van der Waals surface area contributed by atoms with Crippen LogP contribution >= 0.6 is 0 Å². The summed E-state index contributed by atoms with van der Waals surface area (Å²) in [6.45, 7) is 8.06.